The minimum absolute atomic E-state index is 0.114. The number of aromatic nitrogens is 4. The van der Waals surface area contributed by atoms with Gasteiger partial charge in [-0.15, -0.1) is 0 Å². The number of likely N-dealkylation sites (tertiary alicyclic amines) is 2. The van der Waals surface area contributed by atoms with Crippen LogP contribution in [0.5, 0.6) is 0 Å². The third kappa shape index (κ3) is 9.23. The average Bonchev–Trinajstić information content (AvgIpc) is 4.15. The molecule has 2 aliphatic heterocycles. The van der Waals surface area contributed by atoms with Gasteiger partial charge in [-0.25, -0.2) is 28.3 Å². The second kappa shape index (κ2) is 18.8. The molecular formula is C51H62F2N8O6. The first-order valence-electron chi connectivity index (χ1n) is 23.4. The number of alkyl carbamates (subject to hydrolysis) is 2. The number of carbonyl (C=O) groups excluding carboxylic acids is 4. The van der Waals surface area contributed by atoms with Crippen LogP contribution in [0.15, 0.2) is 54.6 Å². The Morgan fingerprint density at radius 1 is 0.731 bits per heavy atom. The fraction of sp³-hybridized carbons (Fsp3) is 0.490. The van der Waals surface area contributed by atoms with E-state index in [1.54, 1.807) is 21.9 Å². The van der Waals surface area contributed by atoms with E-state index in [0.717, 1.165) is 24.0 Å². The molecule has 2 fully saturated rings. The van der Waals surface area contributed by atoms with Gasteiger partial charge in [0.05, 0.1) is 48.4 Å². The predicted octanol–water partition coefficient (Wildman–Crippen LogP) is 9.46. The number of methoxy groups -OCH3 is 2. The number of nitrogens with one attached hydrogen (secondary N) is 4. The van der Waals surface area contributed by atoms with Crippen molar-refractivity contribution in [3.63, 3.8) is 0 Å². The van der Waals surface area contributed by atoms with Crippen LogP contribution in [-0.2, 0) is 24.5 Å². The average molecular weight is 921 g/mol. The zero-order valence-corrected chi connectivity index (χ0v) is 39.8. The van der Waals surface area contributed by atoms with Crippen LogP contribution in [0.4, 0.5) is 18.4 Å². The van der Waals surface area contributed by atoms with Crippen molar-refractivity contribution in [2.45, 2.75) is 122 Å². The summed E-state index contributed by atoms with van der Waals surface area (Å²) in [5.74, 6) is -1.56. The molecule has 3 aromatic carbocycles. The van der Waals surface area contributed by atoms with Gasteiger partial charge in [-0.2, -0.15) is 0 Å². The molecule has 0 bridgehead atoms. The first-order chi connectivity index (χ1) is 31.9. The van der Waals surface area contributed by atoms with Crippen LogP contribution >= 0.6 is 0 Å². The van der Waals surface area contributed by atoms with Gasteiger partial charge < -0.3 is 39.9 Å². The number of allylic oxidation sites excluding steroid dienone is 2. The molecule has 2 saturated heterocycles. The lowest BCUT2D eigenvalue weighted by Crippen LogP contribution is -2.51. The number of hydrogen-bond acceptors (Lipinski definition) is 8. The maximum atomic E-state index is 16.7. The maximum Gasteiger partial charge on any atom is 0.407 e. The van der Waals surface area contributed by atoms with E-state index >= 15 is 8.78 Å². The van der Waals surface area contributed by atoms with Gasteiger partial charge >= 0.3 is 12.2 Å². The van der Waals surface area contributed by atoms with Crippen molar-refractivity contribution >= 4 is 51.6 Å². The molecule has 4 N–H and O–H groups in total. The van der Waals surface area contributed by atoms with Gasteiger partial charge in [-0.05, 0) is 83.8 Å². The summed E-state index contributed by atoms with van der Waals surface area (Å²) in [7, 11) is 2.51. The van der Waals surface area contributed by atoms with Crippen LogP contribution in [-0.4, -0.2) is 93.1 Å². The standard InChI is InChI=1S/C51H62F2N8O6/c1-26(2)43(58-49(64)66-8)47(62)60-20-10-12-40(60)45-54-36-22-32(34(52)24-38(36)56-45)30-18-19-31(42(30)28-14-16-29(17-15-28)51(5,6)7)33-23-37-39(25-35(33)53)57-46(55-37)41-13-11-21-61(41)48(63)44(27(3)4)59-50(65)67-9/h14-18,22-27,31,40-44H,10-13,19-21H2,1-9H3,(H,54,56)(H,55,57)(H,58,64)(H,59,65)/t31?,40-,41?,42?,43?,44-/m0/s1. The van der Waals surface area contributed by atoms with E-state index < -0.39 is 59.8 Å². The Morgan fingerprint density at radius 3 is 1.73 bits per heavy atom. The third-order valence-corrected chi connectivity index (χ3v) is 13.9. The van der Waals surface area contributed by atoms with E-state index in [4.69, 9.17) is 19.4 Å². The fourth-order valence-electron chi connectivity index (χ4n) is 10.2. The molecular weight excluding hydrogens is 859 g/mol. The molecule has 4 unspecified atom stereocenters. The number of carbonyl (C=O) groups is 4. The fourth-order valence-corrected chi connectivity index (χ4v) is 10.2. The van der Waals surface area contributed by atoms with E-state index in [1.807, 2.05) is 33.8 Å². The lowest BCUT2D eigenvalue weighted by molar-refractivity contribution is -0.136. The van der Waals surface area contributed by atoms with E-state index in [1.165, 1.54) is 26.4 Å². The summed E-state index contributed by atoms with van der Waals surface area (Å²) < 4.78 is 43.0. The van der Waals surface area contributed by atoms with Gasteiger partial charge in [0, 0.05) is 42.6 Å². The monoisotopic (exact) mass is 920 g/mol. The quantitative estimate of drug-likeness (QED) is 0.101. The molecule has 356 valence electrons. The molecule has 3 aliphatic rings. The Kier molecular flexibility index (Phi) is 13.2. The largest absolute Gasteiger partial charge is 0.453 e. The summed E-state index contributed by atoms with van der Waals surface area (Å²) in [5.41, 5.74) is 5.51. The van der Waals surface area contributed by atoms with Gasteiger partial charge in [0.2, 0.25) is 11.8 Å². The zero-order chi connectivity index (χ0) is 48.1. The van der Waals surface area contributed by atoms with Crippen molar-refractivity contribution in [1.82, 2.24) is 40.4 Å². The van der Waals surface area contributed by atoms with Crippen molar-refractivity contribution in [1.29, 1.82) is 0 Å². The molecule has 5 aromatic rings. The van der Waals surface area contributed by atoms with E-state index in [-0.39, 0.29) is 29.1 Å². The SMILES string of the molecule is COC(=O)NC(C(=O)N1CCC[C@H]1c1nc2cc(C3=CCC(c4cc5[nH]c(C6CCCN6C(=O)[C@@H](NC(=O)OC)C(C)C)nc5cc4F)C3c3ccc(C(C)(C)C)cc3)c(F)cc2[nH]1)C(C)C. The Bertz CT molecular complexity index is 2720. The summed E-state index contributed by atoms with van der Waals surface area (Å²) in [6.45, 7) is 14.8. The molecule has 8 rings (SSSR count). The van der Waals surface area contributed by atoms with Crippen LogP contribution in [0, 0.1) is 23.5 Å². The highest BCUT2D eigenvalue weighted by molar-refractivity contribution is 5.88. The summed E-state index contributed by atoms with van der Waals surface area (Å²) in [4.78, 5) is 72.0. The number of aromatic amines is 2. The summed E-state index contributed by atoms with van der Waals surface area (Å²) in [5, 5.41) is 5.36. The van der Waals surface area contributed by atoms with Gasteiger partial charge in [0.25, 0.3) is 0 Å². The Morgan fingerprint density at radius 2 is 1.24 bits per heavy atom. The van der Waals surface area contributed by atoms with Gasteiger partial charge in [-0.1, -0.05) is 78.8 Å². The van der Waals surface area contributed by atoms with E-state index in [0.29, 0.717) is 82.8 Å². The minimum atomic E-state index is -0.798. The summed E-state index contributed by atoms with van der Waals surface area (Å²) >= 11 is 0. The van der Waals surface area contributed by atoms with Crippen molar-refractivity contribution in [2.75, 3.05) is 27.3 Å². The van der Waals surface area contributed by atoms with Crippen molar-refractivity contribution in [3.8, 4) is 0 Å². The molecule has 1 aliphatic carbocycles. The molecule has 2 aromatic heterocycles. The lowest BCUT2D eigenvalue weighted by Gasteiger charge is -2.29. The highest BCUT2D eigenvalue weighted by Gasteiger charge is 2.41. The lowest BCUT2D eigenvalue weighted by atomic mass is 9.77. The molecule has 6 atom stereocenters. The highest BCUT2D eigenvalue weighted by atomic mass is 19.1. The van der Waals surface area contributed by atoms with Crippen LogP contribution in [0.1, 0.15) is 138 Å². The van der Waals surface area contributed by atoms with Crippen LogP contribution < -0.4 is 10.6 Å². The van der Waals surface area contributed by atoms with Crippen LogP contribution in [0.3, 0.4) is 0 Å². The van der Waals surface area contributed by atoms with Crippen molar-refractivity contribution < 1.29 is 37.4 Å². The highest BCUT2D eigenvalue weighted by Crippen LogP contribution is 2.52. The smallest absolute Gasteiger partial charge is 0.407 e. The van der Waals surface area contributed by atoms with Gasteiger partial charge in [0.15, 0.2) is 0 Å². The number of H-pyrrole nitrogens is 2. The topological polar surface area (TPSA) is 175 Å². The number of amides is 4. The number of fused-ring (bicyclic) bond motifs is 2. The molecule has 4 amide bonds. The van der Waals surface area contributed by atoms with Crippen molar-refractivity contribution in [2.24, 2.45) is 11.8 Å². The number of rotatable bonds is 11. The summed E-state index contributed by atoms with van der Waals surface area (Å²) in [6, 6.07) is 12.3. The molecule has 67 heavy (non-hydrogen) atoms. The van der Waals surface area contributed by atoms with E-state index in [2.05, 4.69) is 65.6 Å². The maximum absolute atomic E-state index is 16.7. The van der Waals surface area contributed by atoms with E-state index in [9.17, 15) is 19.2 Å². The van der Waals surface area contributed by atoms with Gasteiger partial charge in [-0.3, -0.25) is 9.59 Å². The van der Waals surface area contributed by atoms with Crippen molar-refractivity contribution in [3.05, 3.63) is 100 Å². The Labute approximate surface area is 389 Å². The Hall–Kier alpha value is -6.32. The predicted molar refractivity (Wildman–Crippen MR) is 251 cm³/mol. The molecule has 16 heteroatoms. The number of ether oxygens (including phenoxy) is 2. The van der Waals surface area contributed by atoms with Crippen LogP contribution in [0.2, 0.25) is 0 Å². The molecule has 0 spiro atoms. The second-order valence-electron chi connectivity index (χ2n) is 19.9. The zero-order valence-electron chi connectivity index (χ0n) is 39.8. The number of benzene rings is 3. The van der Waals surface area contributed by atoms with Crippen LogP contribution in [0.25, 0.3) is 27.6 Å². The Balaban J connectivity index is 1.13. The second-order valence-corrected chi connectivity index (χ2v) is 19.9. The number of imidazole rings is 2. The molecule has 4 heterocycles. The first-order valence-corrected chi connectivity index (χ1v) is 23.4. The molecule has 0 radical (unpaired) electrons. The normalized spacial score (nSPS) is 20.8. The first kappa shape index (κ1) is 47.2. The summed E-state index contributed by atoms with van der Waals surface area (Å²) in [6.07, 6.45) is 3.81. The molecule has 0 saturated carbocycles. The minimum Gasteiger partial charge on any atom is -0.453 e. The number of hydrogen-bond donors (Lipinski definition) is 4. The third-order valence-electron chi connectivity index (χ3n) is 13.9. The van der Waals surface area contributed by atoms with Gasteiger partial charge in [0.1, 0.15) is 35.4 Å². The number of nitrogens with zero attached hydrogens (tertiary/aromatic N) is 4. The number of halogens is 2. The molecule has 14 nitrogen and oxygen atoms in total.